The van der Waals surface area contributed by atoms with E-state index in [1.54, 1.807) is 0 Å². The van der Waals surface area contributed by atoms with Crippen LogP contribution in [0, 0.1) is 0 Å². The summed E-state index contributed by atoms with van der Waals surface area (Å²) in [6.07, 6.45) is 0. The Kier molecular flexibility index (Phi) is 5.20. The van der Waals surface area contributed by atoms with Gasteiger partial charge in [-0.05, 0) is 16.6 Å². The molecule has 0 atom stereocenters. The van der Waals surface area contributed by atoms with Gasteiger partial charge in [-0.1, -0.05) is 41.5 Å². The van der Waals surface area contributed by atoms with Crippen molar-refractivity contribution in [3.63, 3.8) is 0 Å². The van der Waals surface area contributed by atoms with Gasteiger partial charge in [-0.15, -0.1) is 0 Å². The van der Waals surface area contributed by atoms with Crippen molar-refractivity contribution in [3.8, 4) is 0 Å². The highest BCUT2D eigenvalue weighted by molar-refractivity contribution is 6.75. The van der Waals surface area contributed by atoms with Crippen molar-refractivity contribution in [1.82, 2.24) is 0 Å². The van der Waals surface area contributed by atoms with Crippen molar-refractivity contribution >= 4 is 27.9 Å². The quantitative estimate of drug-likeness (QED) is 0.729. The van der Waals surface area contributed by atoms with E-state index in [0.717, 1.165) is 0 Å². The molecular formula is C9H24O3Si3. The van der Waals surface area contributed by atoms with Crippen molar-refractivity contribution < 1.29 is 12.3 Å². The average Bonchev–Trinajstić information content (AvgIpc) is 2.16. The molecule has 15 heavy (non-hydrogen) atoms. The van der Waals surface area contributed by atoms with E-state index in [-0.39, 0.29) is 0 Å². The van der Waals surface area contributed by atoms with Crippen molar-refractivity contribution in [1.29, 1.82) is 0 Å². The average molecular weight is 265 g/mol. The second-order valence-corrected chi connectivity index (χ2v) is 14.7. The van der Waals surface area contributed by atoms with Gasteiger partial charge in [-0.25, -0.2) is 0 Å². The third-order valence-electron chi connectivity index (χ3n) is 2.44. The second kappa shape index (κ2) is 5.74. The molecule has 0 amide bonds. The topological polar surface area (TPSA) is 27.7 Å². The van der Waals surface area contributed by atoms with Gasteiger partial charge < -0.3 is 12.3 Å². The summed E-state index contributed by atoms with van der Waals surface area (Å²) in [5.41, 5.74) is 1.70. The molecule has 90 valence electrons. The Bertz CT molecular complexity index is 160. The van der Waals surface area contributed by atoms with Crippen LogP contribution < -0.4 is 0 Å². The third kappa shape index (κ3) is 3.79. The zero-order valence-corrected chi connectivity index (χ0v) is 14.2. The highest BCUT2D eigenvalue weighted by Crippen LogP contribution is 2.27. The first kappa shape index (κ1) is 13.6. The number of hydrogen-bond donors (Lipinski definition) is 0. The maximum atomic E-state index is 6.06. The Morgan fingerprint density at radius 1 is 0.533 bits per heavy atom. The molecule has 0 aromatic rings. The van der Waals surface area contributed by atoms with Crippen LogP contribution in [0.25, 0.3) is 0 Å². The molecule has 1 rings (SSSR count). The van der Waals surface area contributed by atoms with Gasteiger partial charge in [-0.3, -0.25) is 0 Å². The predicted octanol–water partition coefficient (Wildman–Crippen LogP) is 1.94. The summed E-state index contributed by atoms with van der Waals surface area (Å²) < 4.78 is 18.2. The van der Waals surface area contributed by atoms with Crippen LogP contribution >= 0.6 is 0 Å². The normalized spacial score (nSPS) is 33.0. The Morgan fingerprint density at radius 3 is 0.867 bits per heavy atom. The number of rotatable bonds is 3. The van der Waals surface area contributed by atoms with Crippen LogP contribution in [0.15, 0.2) is 0 Å². The molecule has 0 aromatic heterocycles. The summed E-state index contributed by atoms with van der Waals surface area (Å²) >= 11 is 0. The van der Waals surface area contributed by atoms with Crippen LogP contribution in [0.3, 0.4) is 0 Å². The molecule has 0 radical (unpaired) electrons. The first-order chi connectivity index (χ1) is 6.91. The molecule has 0 unspecified atom stereocenters. The van der Waals surface area contributed by atoms with Crippen LogP contribution in [0.1, 0.15) is 41.5 Å². The summed E-state index contributed by atoms with van der Waals surface area (Å²) in [7, 11) is -4.29. The lowest BCUT2D eigenvalue weighted by Gasteiger charge is -2.39. The van der Waals surface area contributed by atoms with E-state index in [9.17, 15) is 0 Å². The maximum absolute atomic E-state index is 6.06. The summed E-state index contributed by atoms with van der Waals surface area (Å²) in [6.45, 7) is 13.2. The maximum Gasteiger partial charge on any atom is 0.306 e. The van der Waals surface area contributed by atoms with Crippen molar-refractivity contribution in [2.24, 2.45) is 0 Å². The van der Waals surface area contributed by atoms with Crippen molar-refractivity contribution in [2.75, 3.05) is 0 Å². The smallest absolute Gasteiger partial charge is 0.306 e. The molecule has 1 fully saturated rings. The van der Waals surface area contributed by atoms with Gasteiger partial charge in [0.1, 0.15) is 0 Å². The Labute approximate surface area is 98.7 Å². The molecule has 0 N–H and O–H groups in total. The molecule has 0 saturated carbocycles. The Hall–Kier alpha value is 0.531. The largest absolute Gasteiger partial charge is 0.420 e. The molecule has 0 spiro atoms. The molecule has 1 aliphatic heterocycles. The van der Waals surface area contributed by atoms with E-state index >= 15 is 0 Å². The van der Waals surface area contributed by atoms with Crippen LogP contribution in [0.2, 0.25) is 16.6 Å². The lowest BCUT2D eigenvalue weighted by atomic mass is 10.6. The minimum Gasteiger partial charge on any atom is -0.420 e. The highest BCUT2D eigenvalue weighted by Gasteiger charge is 2.38. The molecule has 0 bridgehead atoms. The monoisotopic (exact) mass is 264 g/mol. The molecule has 0 aliphatic carbocycles. The number of hydrogen-bond acceptors (Lipinski definition) is 3. The van der Waals surface area contributed by atoms with E-state index < -0.39 is 27.9 Å². The molecular weight excluding hydrogens is 240 g/mol. The summed E-state index contributed by atoms with van der Waals surface area (Å²) in [6, 6.07) is 0. The standard InChI is InChI=1S/C9H24O3Si3/c1-7(2)13-10-14(8(3)4)12-15(11-13)9(5)6/h7-9,13-15H,1-6H3. The fourth-order valence-corrected chi connectivity index (χ4v) is 14.7. The zero-order valence-electron chi connectivity index (χ0n) is 10.7. The van der Waals surface area contributed by atoms with Crippen LogP contribution in [0.4, 0.5) is 0 Å². The van der Waals surface area contributed by atoms with Gasteiger partial charge in [0, 0.05) is 0 Å². The van der Waals surface area contributed by atoms with Gasteiger partial charge in [0.25, 0.3) is 0 Å². The molecule has 1 heterocycles. The molecule has 6 heteroatoms. The summed E-state index contributed by atoms with van der Waals surface area (Å²) in [5, 5.41) is 0. The lowest BCUT2D eigenvalue weighted by molar-refractivity contribution is 0.261. The fraction of sp³-hybridized carbons (Fsp3) is 1.00. The zero-order chi connectivity index (χ0) is 11.6. The molecule has 3 nitrogen and oxygen atoms in total. The van der Waals surface area contributed by atoms with Gasteiger partial charge in [0.2, 0.25) is 0 Å². The first-order valence-corrected chi connectivity index (χ1v) is 10.7. The molecule has 1 saturated heterocycles. The van der Waals surface area contributed by atoms with Gasteiger partial charge in [-0.2, -0.15) is 0 Å². The van der Waals surface area contributed by atoms with Gasteiger partial charge in [0.05, 0.1) is 0 Å². The lowest BCUT2D eigenvalue weighted by Crippen LogP contribution is -2.52. The van der Waals surface area contributed by atoms with E-state index in [4.69, 9.17) is 12.3 Å². The van der Waals surface area contributed by atoms with E-state index in [2.05, 4.69) is 41.5 Å². The fourth-order valence-electron chi connectivity index (χ4n) is 1.44. The highest BCUT2D eigenvalue weighted by atomic mass is 28.5. The molecule has 0 aromatic carbocycles. The summed E-state index contributed by atoms with van der Waals surface area (Å²) in [4.78, 5) is 0. The minimum absolute atomic E-state index is 0.566. The third-order valence-corrected chi connectivity index (χ3v) is 12.1. The Balaban J connectivity index is 2.64. The predicted molar refractivity (Wildman–Crippen MR) is 70.0 cm³/mol. The second-order valence-electron chi connectivity index (χ2n) is 5.25. The SMILES string of the molecule is CC(C)[SiH]1O[SiH](C(C)C)O[SiH](C(C)C)O1. The van der Waals surface area contributed by atoms with Crippen LogP contribution in [0.5, 0.6) is 0 Å². The van der Waals surface area contributed by atoms with Gasteiger partial charge >= 0.3 is 27.9 Å². The van der Waals surface area contributed by atoms with Gasteiger partial charge in [0.15, 0.2) is 0 Å². The van der Waals surface area contributed by atoms with Crippen molar-refractivity contribution in [3.05, 3.63) is 0 Å². The van der Waals surface area contributed by atoms with Crippen molar-refractivity contribution in [2.45, 2.75) is 58.2 Å². The molecule has 1 aliphatic rings. The van der Waals surface area contributed by atoms with E-state index in [1.165, 1.54) is 0 Å². The summed E-state index contributed by atoms with van der Waals surface area (Å²) in [5.74, 6) is 0. The van der Waals surface area contributed by atoms with E-state index in [0.29, 0.717) is 16.6 Å². The van der Waals surface area contributed by atoms with Crippen LogP contribution in [-0.4, -0.2) is 27.9 Å². The van der Waals surface area contributed by atoms with Crippen LogP contribution in [-0.2, 0) is 12.3 Å². The Morgan fingerprint density at radius 2 is 0.733 bits per heavy atom. The first-order valence-electron chi connectivity index (χ1n) is 5.88. The van der Waals surface area contributed by atoms with E-state index in [1.807, 2.05) is 0 Å². The minimum atomic E-state index is -1.43.